The molecule has 0 unspecified atom stereocenters. The zero-order valence-corrected chi connectivity index (χ0v) is 18.4. The van der Waals surface area contributed by atoms with Gasteiger partial charge in [0.2, 0.25) is 0 Å². The normalized spacial score (nSPS) is 10.9. The van der Waals surface area contributed by atoms with Crippen molar-refractivity contribution < 1.29 is 0 Å². The van der Waals surface area contributed by atoms with Gasteiger partial charge in [-0.05, 0) is 39.0 Å². The molecule has 0 aliphatic rings. The Kier molecular flexibility index (Phi) is 7.84. The Morgan fingerprint density at radius 1 is 0.852 bits per heavy atom. The molecule has 0 saturated carbocycles. The van der Waals surface area contributed by atoms with E-state index in [1.807, 2.05) is 41.9 Å². The van der Waals surface area contributed by atoms with E-state index in [2.05, 4.69) is 44.4 Å². The number of nitrogens with zero attached hydrogens (tertiary/aromatic N) is 3. The molecule has 5 heteroatoms. The number of benzene rings is 1. The third-order valence-electron chi connectivity index (χ3n) is 4.99. The largest absolute Gasteiger partial charge is 0.370 e. The first-order chi connectivity index (χ1) is 13.0. The Labute approximate surface area is 168 Å². The maximum absolute atomic E-state index is 13.5. The number of anilines is 2. The number of thioether (sulfide) groups is 1. The summed E-state index contributed by atoms with van der Waals surface area (Å²) in [5, 5.41) is 1.06. The molecule has 0 bridgehead atoms. The number of hydrogen-bond donors (Lipinski definition) is 0. The van der Waals surface area contributed by atoms with Crippen LogP contribution in [0.4, 0.5) is 11.4 Å². The van der Waals surface area contributed by atoms with Gasteiger partial charge in [-0.15, -0.1) is 11.8 Å². The van der Waals surface area contributed by atoms with Crippen LogP contribution < -0.4 is 15.4 Å². The zero-order valence-electron chi connectivity index (χ0n) is 17.6. The van der Waals surface area contributed by atoms with Crippen LogP contribution in [0.15, 0.2) is 40.2 Å². The third-order valence-corrected chi connectivity index (χ3v) is 6.02. The Balaban J connectivity index is 3.01. The molecular weight excluding hydrogens is 354 g/mol. The zero-order chi connectivity index (χ0) is 20.0. The first kappa shape index (κ1) is 21.4. The van der Waals surface area contributed by atoms with Gasteiger partial charge in [0.05, 0.1) is 16.9 Å². The fourth-order valence-electron chi connectivity index (χ4n) is 3.58. The molecule has 0 aliphatic carbocycles. The van der Waals surface area contributed by atoms with Crippen LogP contribution in [0.25, 0.3) is 11.1 Å². The average molecular weight is 388 g/mol. The molecular formula is C22H33N3OS. The topological polar surface area (TPSA) is 28.5 Å². The van der Waals surface area contributed by atoms with E-state index in [1.165, 1.54) is 5.69 Å². The standard InChI is InChI=1S/C22H33N3OS/c1-7-24(8-2)19-18(17-15-13-12-14-16-17)21(26)23(6)22(27-11-5)20(19)25(9-3)10-4/h12-16H,7-11H2,1-6H3. The fraction of sp³-hybridized carbons (Fsp3) is 0.500. The quantitative estimate of drug-likeness (QED) is 0.575. The minimum absolute atomic E-state index is 0.0787. The van der Waals surface area contributed by atoms with Gasteiger partial charge in [-0.25, -0.2) is 0 Å². The maximum atomic E-state index is 13.5. The van der Waals surface area contributed by atoms with Crippen molar-refractivity contribution in [2.24, 2.45) is 7.05 Å². The van der Waals surface area contributed by atoms with Crippen molar-refractivity contribution in [2.75, 3.05) is 41.7 Å². The number of aromatic nitrogens is 1. The van der Waals surface area contributed by atoms with Crippen molar-refractivity contribution in [3.8, 4) is 11.1 Å². The fourth-order valence-corrected chi connectivity index (χ4v) is 4.49. The van der Waals surface area contributed by atoms with Crippen LogP contribution >= 0.6 is 11.8 Å². The summed E-state index contributed by atoms with van der Waals surface area (Å²) in [6.07, 6.45) is 0. The Morgan fingerprint density at radius 2 is 1.37 bits per heavy atom. The van der Waals surface area contributed by atoms with Gasteiger partial charge in [0, 0.05) is 33.2 Å². The van der Waals surface area contributed by atoms with Crippen LogP contribution in [0.1, 0.15) is 34.6 Å². The first-order valence-corrected chi connectivity index (χ1v) is 11.0. The molecule has 4 nitrogen and oxygen atoms in total. The van der Waals surface area contributed by atoms with Crippen LogP contribution in [0.2, 0.25) is 0 Å². The first-order valence-electron chi connectivity index (χ1n) is 10.00. The second-order valence-electron chi connectivity index (χ2n) is 6.39. The average Bonchev–Trinajstić information content (AvgIpc) is 2.70. The van der Waals surface area contributed by atoms with Crippen molar-refractivity contribution in [2.45, 2.75) is 39.6 Å². The van der Waals surface area contributed by atoms with Gasteiger partial charge in [0.15, 0.2) is 0 Å². The van der Waals surface area contributed by atoms with Crippen molar-refractivity contribution in [3.05, 3.63) is 40.7 Å². The molecule has 2 rings (SSSR count). The van der Waals surface area contributed by atoms with Crippen LogP contribution in [0, 0.1) is 0 Å². The molecule has 148 valence electrons. The second-order valence-corrected chi connectivity index (χ2v) is 7.64. The van der Waals surface area contributed by atoms with E-state index in [0.717, 1.165) is 53.8 Å². The van der Waals surface area contributed by atoms with Gasteiger partial charge in [-0.1, -0.05) is 37.3 Å². The van der Waals surface area contributed by atoms with E-state index in [0.29, 0.717) is 0 Å². The van der Waals surface area contributed by atoms with E-state index in [-0.39, 0.29) is 5.56 Å². The summed E-state index contributed by atoms with van der Waals surface area (Å²) in [4.78, 5) is 18.2. The van der Waals surface area contributed by atoms with Crippen LogP contribution in [0.3, 0.4) is 0 Å². The highest BCUT2D eigenvalue weighted by molar-refractivity contribution is 7.99. The van der Waals surface area contributed by atoms with Crippen LogP contribution in [0.5, 0.6) is 0 Å². The molecule has 1 aromatic heterocycles. The van der Waals surface area contributed by atoms with Crippen molar-refractivity contribution in [1.29, 1.82) is 0 Å². The monoisotopic (exact) mass is 387 g/mol. The Morgan fingerprint density at radius 3 is 1.85 bits per heavy atom. The van der Waals surface area contributed by atoms with Gasteiger partial charge in [-0.3, -0.25) is 4.79 Å². The smallest absolute Gasteiger partial charge is 0.261 e. The number of pyridine rings is 1. The molecule has 0 saturated heterocycles. The predicted octanol–water partition coefficient (Wildman–Crippen LogP) is 4.86. The van der Waals surface area contributed by atoms with E-state index >= 15 is 0 Å². The van der Waals surface area contributed by atoms with Crippen molar-refractivity contribution >= 4 is 23.1 Å². The molecule has 0 fully saturated rings. The Bertz CT molecular complexity index is 793. The maximum Gasteiger partial charge on any atom is 0.261 e. The minimum atomic E-state index is 0.0787. The van der Waals surface area contributed by atoms with Gasteiger partial charge in [0.25, 0.3) is 5.56 Å². The second kappa shape index (κ2) is 9.88. The lowest BCUT2D eigenvalue weighted by atomic mass is 10.0. The highest BCUT2D eigenvalue weighted by atomic mass is 32.2. The summed E-state index contributed by atoms with van der Waals surface area (Å²) in [6, 6.07) is 10.1. The molecule has 1 aromatic carbocycles. The molecule has 0 N–H and O–H groups in total. The lowest BCUT2D eigenvalue weighted by Gasteiger charge is -2.34. The molecule has 27 heavy (non-hydrogen) atoms. The predicted molar refractivity (Wildman–Crippen MR) is 121 cm³/mol. The number of hydrogen-bond acceptors (Lipinski definition) is 4. The van der Waals surface area contributed by atoms with Gasteiger partial charge in [-0.2, -0.15) is 0 Å². The molecule has 2 aromatic rings. The molecule has 0 atom stereocenters. The van der Waals surface area contributed by atoms with Gasteiger partial charge >= 0.3 is 0 Å². The third kappa shape index (κ3) is 4.18. The highest BCUT2D eigenvalue weighted by Gasteiger charge is 2.27. The Hall–Kier alpha value is -1.88. The summed E-state index contributed by atoms with van der Waals surface area (Å²) < 4.78 is 1.84. The van der Waals surface area contributed by atoms with Crippen LogP contribution in [-0.4, -0.2) is 36.5 Å². The lowest BCUT2D eigenvalue weighted by Crippen LogP contribution is -2.34. The van der Waals surface area contributed by atoms with Gasteiger partial charge < -0.3 is 14.4 Å². The molecule has 0 aliphatic heterocycles. The summed E-state index contributed by atoms with van der Waals surface area (Å²) >= 11 is 1.75. The minimum Gasteiger partial charge on any atom is -0.370 e. The van der Waals surface area contributed by atoms with E-state index < -0.39 is 0 Å². The van der Waals surface area contributed by atoms with Crippen molar-refractivity contribution in [3.63, 3.8) is 0 Å². The molecule has 0 amide bonds. The summed E-state index contributed by atoms with van der Waals surface area (Å²) in [6.45, 7) is 14.4. The van der Waals surface area contributed by atoms with Crippen LogP contribution in [-0.2, 0) is 7.05 Å². The SMILES string of the molecule is CCSc1c(N(CC)CC)c(N(CC)CC)c(-c2ccccc2)c(=O)n1C. The highest BCUT2D eigenvalue weighted by Crippen LogP contribution is 2.42. The van der Waals surface area contributed by atoms with E-state index in [1.54, 1.807) is 11.8 Å². The van der Waals surface area contributed by atoms with Gasteiger partial charge in [0.1, 0.15) is 5.03 Å². The lowest BCUT2D eigenvalue weighted by molar-refractivity contribution is 0.733. The summed E-state index contributed by atoms with van der Waals surface area (Å²) in [5.74, 6) is 0.934. The molecule has 1 heterocycles. The molecule has 0 spiro atoms. The number of rotatable bonds is 9. The summed E-state index contributed by atoms with van der Waals surface area (Å²) in [7, 11) is 1.91. The molecule has 0 radical (unpaired) electrons. The van der Waals surface area contributed by atoms with E-state index in [9.17, 15) is 4.79 Å². The van der Waals surface area contributed by atoms with Crippen molar-refractivity contribution in [1.82, 2.24) is 4.57 Å². The summed E-state index contributed by atoms with van der Waals surface area (Å²) in [5.41, 5.74) is 4.14. The van der Waals surface area contributed by atoms with E-state index in [4.69, 9.17) is 0 Å².